The molecule has 1 amide bonds. The number of carbonyl (C=O) groups is 1. The van der Waals surface area contributed by atoms with E-state index in [0.717, 1.165) is 25.7 Å². The van der Waals surface area contributed by atoms with E-state index in [1.807, 2.05) is 0 Å². The number of aliphatic hydroxyl groups excluding tert-OH is 1. The molecule has 3 heterocycles. The van der Waals surface area contributed by atoms with E-state index >= 15 is 0 Å². The van der Waals surface area contributed by atoms with Crippen LogP contribution in [0.2, 0.25) is 5.02 Å². The summed E-state index contributed by atoms with van der Waals surface area (Å²) in [7, 11) is -3.68. The molecule has 166 valence electrons. The first-order valence-corrected chi connectivity index (χ1v) is 12.6. The van der Waals surface area contributed by atoms with E-state index in [2.05, 4.69) is 0 Å². The van der Waals surface area contributed by atoms with Gasteiger partial charge in [-0.05, 0) is 75.1 Å². The molecule has 3 aliphatic rings. The van der Waals surface area contributed by atoms with Gasteiger partial charge in [-0.1, -0.05) is 11.6 Å². The largest absolute Gasteiger partial charge is 0.444 e. The third-order valence-electron chi connectivity index (χ3n) is 6.75. The van der Waals surface area contributed by atoms with Gasteiger partial charge in [0.25, 0.3) is 0 Å². The summed E-state index contributed by atoms with van der Waals surface area (Å²) in [6, 6.07) is 5.86. The Balaban J connectivity index is 1.43. The van der Waals surface area contributed by atoms with Crippen LogP contribution in [0.25, 0.3) is 0 Å². The standard InChI is InChI=1S/C21H29ClN2O5S/c22-16-1-5-18(6-2-16)30(27,28)24-17-3-7-19(24)20(8-4-17)29-21(26)23-12-9-15(10-13-23)11-14-25/h1-2,5-6,15,17,19-20,25H,3-4,7-14H2/t17?,19?,20-/m0/s1. The second-order valence-electron chi connectivity index (χ2n) is 8.53. The Morgan fingerprint density at radius 1 is 1.07 bits per heavy atom. The van der Waals surface area contributed by atoms with E-state index in [4.69, 9.17) is 21.4 Å². The van der Waals surface area contributed by atoms with E-state index in [-0.39, 0.29) is 29.7 Å². The van der Waals surface area contributed by atoms with E-state index in [1.54, 1.807) is 21.3 Å². The van der Waals surface area contributed by atoms with Crippen molar-refractivity contribution in [2.24, 2.45) is 5.92 Å². The lowest BCUT2D eigenvalue weighted by atomic mass is 9.94. The number of benzene rings is 1. The molecular weight excluding hydrogens is 428 g/mol. The van der Waals surface area contributed by atoms with Crippen LogP contribution in [0.1, 0.15) is 44.9 Å². The summed E-state index contributed by atoms with van der Waals surface area (Å²) >= 11 is 5.92. The second-order valence-corrected chi connectivity index (χ2v) is 10.8. The summed E-state index contributed by atoms with van der Waals surface area (Å²) in [4.78, 5) is 14.7. The van der Waals surface area contributed by atoms with Crippen molar-refractivity contribution in [3.8, 4) is 0 Å². The van der Waals surface area contributed by atoms with Crippen LogP contribution < -0.4 is 0 Å². The van der Waals surface area contributed by atoms with Crippen LogP contribution in [-0.2, 0) is 14.8 Å². The van der Waals surface area contributed by atoms with E-state index < -0.39 is 16.1 Å². The van der Waals surface area contributed by atoms with Crippen LogP contribution in [0.5, 0.6) is 0 Å². The number of fused-ring (bicyclic) bond motifs is 2. The lowest BCUT2D eigenvalue weighted by Gasteiger charge is -2.39. The van der Waals surface area contributed by atoms with Crippen molar-refractivity contribution in [1.82, 2.24) is 9.21 Å². The average Bonchev–Trinajstić information content (AvgIpc) is 3.07. The number of aliphatic hydroxyl groups is 1. The van der Waals surface area contributed by atoms with Crippen molar-refractivity contribution >= 4 is 27.7 Å². The van der Waals surface area contributed by atoms with E-state index in [9.17, 15) is 13.2 Å². The summed E-state index contributed by atoms with van der Waals surface area (Å²) in [5.74, 6) is 0.448. The zero-order valence-electron chi connectivity index (χ0n) is 17.0. The minimum absolute atomic E-state index is 0.0418. The number of piperidine rings is 2. The maximum atomic E-state index is 13.3. The predicted molar refractivity (Wildman–Crippen MR) is 113 cm³/mol. The van der Waals surface area contributed by atoms with Crippen molar-refractivity contribution in [1.29, 1.82) is 0 Å². The fraction of sp³-hybridized carbons (Fsp3) is 0.667. The topological polar surface area (TPSA) is 87.2 Å². The molecule has 1 aromatic carbocycles. The molecule has 3 saturated heterocycles. The SMILES string of the molecule is O=C(O[C@H]1CCC2CCC1N2S(=O)(=O)c1ccc(Cl)cc1)N1CCC(CCO)CC1. The van der Waals surface area contributed by atoms with Gasteiger partial charge in [-0.2, -0.15) is 4.31 Å². The maximum Gasteiger partial charge on any atom is 0.410 e. The molecule has 30 heavy (non-hydrogen) atoms. The zero-order valence-corrected chi connectivity index (χ0v) is 18.5. The molecule has 0 aromatic heterocycles. The highest BCUT2D eigenvalue weighted by Crippen LogP contribution is 2.41. The average molecular weight is 457 g/mol. The molecule has 3 aliphatic heterocycles. The first-order chi connectivity index (χ1) is 14.4. The van der Waals surface area contributed by atoms with Crippen molar-refractivity contribution < 1.29 is 23.1 Å². The molecular formula is C21H29ClN2O5S. The Morgan fingerprint density at radius 2 is 1.73 bits per heavy atom. The number of halogens is 1. The third kappa shape index (κ3) is 4.33. The number of nitrogens with zero attached hydrogens (tertiary/aromatic N) is 2. The van der Waals surface area contributed by atoms with Crippen LogP contribution in [0.3, 0.4) is 0 Å². The Bertz CT molecular complexity index is 855. The minimum Gasteiger partial charge on any atom is -0.444 e. The van der Waals surface area contributed by atoms with Gasteiger partial charge in [0, 0.05) is 30.8 Å². The first-order valence-electron chi connectivity index (χ1n) is 10.8. The zero-order chi connectivity index (χ0) is 21.3. The number of likely N-dealkylation sites (tertiary alicyclic amines) is 1. The van der Waals surface area contributed by atoms with Crippen molar-refractivity contribution in [2.75, 3.05) is 19.7 Å². The molecule has 0 spiro atoms. The maximum absolute atomic E-state index is 13.3. The molecule has 7 nitrogen and oxygen atoms in total. The van der Waals surface area contributed by atoms with Crippen molar-refractivity contribution in [3.05, 3.63) is 29.3 Å². The van der Waals surface area contributed by atoms with Crippen LogP contribution in [-0.4, -0.2) is 66.7 Å². The second kappa shape index (κ2) is 9.02. The molecule has 1 N–H and O–H groups in total. The summed E-state index contributed by atoms with van der Waals surface area (Å²) in [6.45, 7) is 1.42. The highest BCUT2D eigenvalue weighted by molar-refractivity contribution is 7.89. The number of carbonyl (C=O) groups excluding carboxylic acids is 1. The number of hydrogen-bond donors (Lipinski definition) is 1. The smallest absolute Gasteiger partial charge is 0.410 e. The lowest BCUT2D eigenvalue weighted by Crippen LogP contribution is -2.52. The van der Waals surface area contributed by atoms with Gasteiger partial charge in [-0.3, -0.25) is 0 Å². The molecule has 3 atom stereocenters. The minimum atomic E-state index is -3.68. The highest BCUT2D eigenvalue weighted by Gasteiger charge is 2.50. The molecule has 3 fully saturated rings. The highest BCUT2D eigenvalue weighted by atomic mass is 35.5. The summed E-state index contributed by atoms with van der Waals surface area (Å²) < 4.78 is 34.0. The number of amides is 1. The molecule has 2 unspecified atom stereocenters. The molecule has 0 saturated carbocycles. The molecule has 4 rings (SSSR count). The van der Waals surface area contributed by atoms with Gasteiger partial charge in [0.15, 0.2) is 0 Å². The third-order valence-corrected chi connectivity index (χ3v) is 8.99. The molecule has 9 heteroatoms. The van der Waals surface area contributed by atoms with Gasteiger partial charge in [0.05, 0.1) is 10.9 Å². The Hall–Kier alpha value is -1.35. The lowest BCUT2D eigenvalue weighted by molar-refractivity contribution is 0.00619. The van der Waals surface area contributed by atoms with Crippen LogP contribution >= 0.6 is 11.6 Å². The van der Waals surface area contributed by atoms with Gasteiger partial charge in [0.1, 0.15) is 6.10 Å². The molecule has 0 aliphatic carbocycles. The van der Waals surface area contributed by atoms with E-state index in [1.165, 1.54) is 12.1 Å². The Kier molecular flexibility index (Phi) is 6.58. The number of rotatable bonds is 5. The van der Waals surface area contributed by atoms with Crippen LogP contribution in [0, 0.1) is 5.92 Å². The van der Waals surface area contributed by atoms with Crippen LogP contribution in [0.4, 0.5) is 4.79 Å². The fourth-order valence-corrected chi connectivity index (χ4v) is 7.14. The number of hydrogen-bond acceptors (Lipinski definition) is 5. The van der Waals surface area contributed by atoms with Gasteiger partial charge in [0.2, 0.25) is 10.0 Å². The predicted octanol–water partition coefficient (Wildman–Crippen LogP) is 3.26. The van der Waals surface area contributed by atoms with Gasteiger partial charge in [-0.25, -0.2) is 13.2 Å². The van der Waals surface area contributed by atoms with Gasteiger partial charge < -0.3 is 14.7 Å². The van der Waals surface area contributed by atoms with E-state index in [0.29, 0.717) is 43.3 Å². The summed E-state index contributed by atoms with van der Waals surface area (Å²) in [6.07, 6.45) is 4.60. The normalized spacial score (nSPS) is 27.9. The van der Waals surface area contributed by atoms with Gasteiger partial charge >= 0.3 is 6.09 Å². The first kappa shape index (κ1) is 21.9. The Labute approximate surface area is 183 Å². The monoisotopic (exact) mass is 456 g/mol. The Morgan fingerprint density at radius 3 is 2.40 bits per heavy atom. The fourth-order valence-electron chi connectivity index (χ4n) is 5.09. The summed E-state index contributed by atoms with van der Waals surface area (Å²) in [5, 5.41) is 9.58. The summed E-state index contributed by atoms with van der Waals surface area (Å²) in [5.41, 5.74) is 0. The molecule has 2 bridgehead atoms. The van der Waals surface area contributed by atoms with Crippen molar-refractivity contribution in [2.45, 2.75) is 68.0 Å². The van der Waals surface area contributed by atoms with Crippen molar-refractivity contribution in [3.63, 3.8) is 0 Å². The number of sulfonamides is 1. The molecule has 0 radical (unpaired) electrons. The molecule has 1 aromatic rings. The van der Waals surface area contributed by atoms with Gasteiger partial charge in [-0.15, -0.1) is 0 Å². The van der Waals surface area contributed by atoms with Crippen LogP contribution in [0.15, 0.2) is 29.2 Å². The quantitative estimate of drug-likeness (QED) is 0.734. The number of ether oxygens (including phenoxy) is 1.